The van der Waals surface area contributed by atoms with E-state index in [0.29, 0.717) is 22.7 Å². The van der Waals surface area contributed by atoms with Crippen LogP contribution < -0.4 is 9.46 Å². The fourth-order valence-corrected chi connectivity index (χ4v) is 3.77. The molecule has 1 N–H and O–H groups in total. The van der Waals surface area contributed by atoms with Crippen molar-refractivity contribution in [1.82, 2.24) is 9.97 Å². The monoisotopic (exact) mass is 419 g/mol. The van der Waals surface area contributed by atoms with E-state index in [1.807, 2.05) is 18.2 Å². The van der Waals surface area contributed by atoms with Gasteiger partial charge in [0, 0.05) is 5.02 Å². The third kappa shape index (κ3) is 5.11. The summed E-state index contributed by atoms with van der Waals surface area (Å²) in [5, 5.41) is 0.459. The number of fused-ring (bicyclic) bond motifs is 1. The number of benzene rings is 2. The molecule has 0 bridgehead atoms. The molecule has 0 aliphatic carbocycles. The quantitative estimate of drug-likeness (QED) is 0.491. The van der Waals surface area contributed by atoms with Gasteiger partial charge in [-0.05, 0) is 42.8 Å². The van der Waals surface area contributed by atoms with E-state index < -0.39 is 10.0 Å². The number of anilines is 1. The number of halogens is 1. The highest BCUT2D eigenvalue weighted by Gasteiger charge is 2.19. The van der Waals surface area contributed by atoms with Gasteiger partial charge in [0.1, 0.15) is 0 Å². The van der Waals surface area contributed by atoms with Crippen LogP contribution in [0.2, 0.25) is 5.02 Å². The molecule has 148 valence electrons. The molecule has 0 saturated heterocycles. The van der Waals surface area contributed by atoms with Gasteiger partial charge in [-0.15, -0.1) is 0 Å². The second kappa shape index (κ2) is 9.21. The maximum atomic E-state index is 12.7. The Morgan fingerprint density at radius 2 is 1.64 bits per heavy atom. The zero-order valence-electron chi connectivity index (χ0n) is 15.6. The number of sulfonamides is 1. The van der Waals surface area contributed by atoms with Crippen molar-refractivity contribution < 1.29 is 13.2 Å². The van der Waals surface area contributed by atoms with Gasteiger partial charge in [0.2, 0.25) is 5.82 Å². The Bertz CT molecular complexity index is 1040. The lowest BCUT2D eigenvalue weighted by molar-refractivity contribution is 0.295. The van der Waals surface area contributed by atoms with Crippen LogP contribution in [0.1, 0.15) is 32.6 Å². The van der Waals surface area contributed by atoms with Gasteiger partial charge in [-0.2, -0.15) is 0 Å². The number of ether oxygens (including phenoxy) is 1. The highest BCUT2D eigenvalue weighted by Crippen LogP contribution is 2.26. The molecule has 0 aliphatic rings. The van der Waals surface area contributed by atoms with Crippen molar-refractivity contribution in [3.05, 3.63) is 53.6 Å². The van der Waals surface area contributed by atoms with Gasteiger partial charge in [0.05, 0.1) is 22.5 Å². The van der Waals surface area contributed by atoms with Crippen molar-refractivity contribution in [2.75, 3.05) is 11.3 Å². The first-order valence-corrected chi connectivity index (χ1v) is 11.0. The molecule has 0 amide bonds. The van der Waals surface area contributed by atoms with Crippen LogP contribution in [0.3, 0.4) is 0 Å². The van der Waals surface area contributed by atoms with Gasteiger partial charge >= 0.3 is 0 Å². The molecule has 1 aromatic heterocycles. The molecular weight excluding hydrogens is 398 g/mol. The predicted octanol–water partition coefficient (Wildman–Crippen LogP) is 5.04. The van der Waals surface area contributed by atoms with E-state index in [9.17, 15) is 8.42 Å². The summed E-state index contributed by atoms with van der Waals surface area (Å²) in [6.07, 6.45) is 4.17. The molecule has 0 radical (unpaired) electrons. The van der Waals surface area contributed by atoms with Crippen molar-refractivity contribution in [2.45, 2.75) is 37.5 Å². The van der Waals surface area contributed by atoms with E-state index in [1.165, 1.54) is 24.3 Å². The van der Waals surface area contributed by atoms with Gasteiger partial charge in [0.25, 0.3) is 15.9 Å². The number of hydrogen-bond acceptors (Lipinski definition) is 5. The zero-order valence-corrected chi connectivity index (χ0v) is 17.1. The molecule has 0 spiro atoms. The average molecular weight is 420 g/mol. The summed E-state index contributed by atoms with van der Waals surface area (Å²) in [6.45, 7) is 2.59. The number of nitrogens with zero attached hydrogens (tertiary/aromatic N) is 2. The van der Waals surface area contributed by atoms with E-state index in [2.05, 4.69) is 21.6 Å². The molecule has 8 heteroatoms. The summed E-state index contributed by atoms with van der Waals surface area (Å²) in [5.74, 6) is 0.247. The van der Waals surface area contributed by atoms with Crippen LogP contribution in [0, 0.1) is 0 Å². The second-order valence-electron chi connectivity index (χ2n) is 6.33. The Morgan fingerprint density at radius 1 is 0.964 bits per heavy atom. The molecule has 3 rings (SSSR count). The molecule has 3 aromatic rings. The lowest BCUT2D eigenvalue weighted by atomic mass is 10.2. The fourth-order valence-electron chi connectivity index (χ4n) is 2.65. The van der Waals surface area contributed by atoms with Crippen molar-refractivity contribution in [2.24, 2.45) is 0 Å². The van der Waals surface area contributed by atoms with Crippen molar-refractivity contribution >= 4 is 38.5 Å². The smallest absolute Gasteiger partial charge is 0.263 e. The van der Waals surface area contributed by atoms with Crippen LogP contribution in [0.15, 0.2) is 53.4 Å². The number of para-hydroxylation sites is 2. The fraction of sp³-hybridized carbons (Fsp3) is 0.300. The Morgan fingerprint density at radius 3 is 2.32 bits per heavy atom. The Labute approximate surface area is 170 Å². The van der Waals surface area contributed by atoms with Crippen LogP contribution in [0.5, 0.6) is 5.88 Å². The molecular formula is C20H22ClN3O3S. The van der Waals surface area contributed by atoms with E-state index in [1.54, 1.807) is 6.07 Å². The molecule has 2 aromatic carbocycles. The summed E-state index contributed by atoms with van der Waals surface area (Å²) in [4.78, 5) is 8.95. The standard InChI is InChI=1S/C20H22ClN3O3S/c1-2-3-4-7-14-27-20-19(22-17-8-5-6-9-18(17)23-20)24-28(25,26)16-12-10-15(21)11-13-16/h5-6,8-13H,2-4,7,14H2,1H3,(H,22,24). The molecule has 0 fully saturated rings. The average Bonchev–Trinajstić information content (AvgIpc) is 2.68. The van der Waals surface area contributed by atoms with Gasteiger partial charge in [-0.1, -0.05) is 49.9 Å². The molecule has 0 unspecified atom stereocenters. The van der Waals surface area contributed by atoms with Crippen LogP contribution in [0.4, 0.5) is 5.82 Å². The number of hydrogen-bond donors (Lipinski definition) is 1. The zero-order chi connectivity index (χ0) is 20.0. The van der Waals surface area contributed by atoms with Crippen molar-refractivity contribution in [3.8, 4) is 5.88 Å². The highest BCUT2D eigenvalue weighted by atomic mass is 35.5. The summed E-state index contributed by atoms with van der Waals surface area (Å²) >= 11 is 5.85. The highest BCUT2D eigenvalue weighted by molar-refractivity contribution is 7.92. The Balaban J connectivity index is 1.88. The SMILES string of the molecule is CCCCCCOc1nc2ccccc2nc1NS(=O)(=O)c1ccc(Cl)cc1. The lowest BCUT2D eigenvalue weighted by Crippen LogP contribution is -2.16. The normalized spacial score (nSPS) is 11.5. The van der Waals surface area contributed by atoms with Crippen LogP contribution in [0.25, 0.3) is 11.0 Å². The van der Waals surface area contributed by atoms with Crippen LogP contribution in [-0.4, -0.2) is 25.0 Å². The summed E-state index contributed by atoms with van der Waals surface area (Å²) in [7, 11) is -3.85. The van der Waals surface area contributed by atoms with E-state index >= 15 is 0 Å². The lowest BCUT2D eigenvalue weighted by Gasteiger charge is -2.13. The maximum absolute atomic E-state index is 12.7. The molecule has 0 atom stereocenters. The Kier molecular flexibility index (Phi) is 6.70. The third-order valence-electron chi connectivity index (χ3n) is 4.13. The number of unbranched alkanes of at least 4 members (excludes halogenated alkanes) is 3. The largest absolute Gasteiger partial charge is 0.475 e. The number of nitrogens with one attached hydrogen (secondary N) is 1. The first kappa shape index (κ1) is 20.4. The van der Waals surface area contributed by atoms with Crippen LogP contribution >= 0.6 is 11.6 Å². The van der Waals surface area contributed by atoms with E-state index in [4.69, 9.17) is 16.3 Å². The minimum absolute atomic E-state index is 0.0733. The number of rotatable bonds is 9. The summed E-state index contributed by atoms with van der Waals surface area (Å²) in [6, 6.07) is 13.2. The minimum Gasteiger partial charge on any atom is -0.475 e. The predicted molar refractivity (Wildman–Crippen MR) is 111 cm³/mol. The Hall–Kier alpha value is -2.38. The summed E-state index contributed by atoms with van der Waals surface area (Å²) < 4.78 is 33.7. The number of aromatic nitrogens is 2. The molecule has 0 aliphatic heterocycles. The summed E-state index contributed by atoms with van der Waals surface area (Å²) in [5.41, 5.74) is 1.22. The maximum Gasteiger partial charge on any atom is 0.263 e. The molecule has 1 heterocycles. The molecule has 28 heavy (non-hydrogen) atoms. The molecule has 6 nitrogen and oxygen atoms in total. The topological polar surface area (TPSA) is 81.2 Å². The van der Waals surface area contributed by atoms with E-state index in [-0.39, 0.29) is 16.6 Å². The van der Waals surface area contributed by atoms with Crippen molar-refractivity contribution in [3.63, 3.8) is 0 Å². The van der Waals surface area contributed by atoms with Gasteiger partial charge < -0.3 is 4.74 Å². The van der Waals surface area contributed by atoms with Crippen molar-refractivity contribution in [1.29, 1.82) is 0 Å². The molecule has 0 saturated carbocycles. The first-order chi connectivity index (χ1) is 13.5. The van der Waals surface area contributed by atoms with E-state index in [0.717, 1.165) is 25.7 Å². The van der Waals surface area contributed by atoms with Crippen LogP contribution in [-0.2, 0) is 10.0 Å². The third-order valence-corrected chi connectivity index (χ3v) is 5.74. The second-order valence-corrected chi connectivity index (χ2v) is 8.45. The minimum atomic E-state index is -3.85. The van der Waals surface area contributed by atoms with Gasteiger partial charge in [-0.25, -0.2) is 18.4 Å². The van der Waals surface area contributed by atoms with Gasteiger partial charge in [-0.3, -0.25) is 4.72 Å². The first-order valence-electron chi connectivity index (χ1n) is 9.17. The van der Waals surface area contributed by atoms with Gasteiger partial charge in [0.15, 0.2) is 0 Å².